The van der Waals surface area contributed by atoms with E-state index in [9.17, 15) is 9.59 Å². The highest BCUT2D eigenvalue weighted by atomic mass is 32.1. The zero-order valence-corrected chi connectivity index (χ0v) is 12.2. The number of nitrogens with two attached hydrogens (primary N) is 1. The molecular formula is C12H18N4O3S. The number of likely N-dealkylation sites (tertiary alicyclic amines) is 1. The van der Waals surface area contributed by atoms with Crippen molar-refractivity contribution in [1.29, 1.82) is 0 Å². The Balaban J connectivity index is 2.12. The number of hydrogen-bond acceptors (Lipinski definition) is 5. The molecule has 0 radical (unpaired) electrons. The minimum Gasteiger partial charge on any atom is -0.476 e. The molecular weight excluding hydrogens is 280 g/mol. The molecule has 1 aromatic heterocycles. The number of hydrogen-bond donors (Lipinski definition) is 2. The summed E-state index contributed by atoms with van der Waals surface area (Å²) in [7, 11) is 0. The Morgan fingerprint density at radius 1 is 1.45 bits per heavy atom. The number of primary amides is 1. The highest BCUT2D eigenvalue weighted by molar-refractivity contribution is 7.11. The molecule has 20 heavy (non-hydrogen) atoms. The molecule has 7 nitrogen and oxygen atoms in total. The lowest BCUT2D eigenvalue weighted by Gasteiger charge is -2.15. The first kappa shape index (κ1) is 14.6. The Hall–Kier alpha value is -1.83. The van der Waals surface area contributed by atoms with Crippen molar-refractivity contribution in [1.82, 2.24) is 9.27 Å². The van der Waals surface area contributed by atoms with Gasteiger partial charge >= 0.3 is 6.03 Å². The van der Waals surface area contributed by atoms with Gasteiger partial charge in [-0.15, -0.1) is 0 Å². The van der Waals surface area contributed by atoms with Gasteiger partial charge in [0.15, 0.2) is 0 Å². The molecule has 110 valence electrons. The quantitative estimate of drug-likeness (QED) is 0.863. The summed E-state index contributed by atoms with van der Waals surface area (Å²) in [4.78, 5) is 25.2. The van der Waals surface area contributed by atoms with Crippen LogP contribution in [0.25, 0.3) is 0 Å². The van der Waals surface area contributed by atoms with Crippen LogP contribution >= 0.6 is 11.5 Å². The van der Waals surface area contributed by atoms with Gasteiger partial charge in [-0.2, -0.15) is 4.37 Å². The van der Waals surface area contributed by atoms with Crippen molar-refractivity contribution in [2.45, 2.75) is 26.2 Å². The van der Waals surface area contributed by atoms with Crippen molar-refractivity contribution in [2.24, 2.45) is 5.73 Å². The van der Waals surface area contributed by atoms with Gasteiger partial charge in [0.05, 0.1) is 6.61 Å². The van der Waals surface area contributed by atoms with Gasteiger partial charge in [-0.25, -0.2) is 4.79 Å². The largest absolute Gasteiger partial charge is 0.476 e. The van der Waals surface area contributed by atoms with Gasteiger partial charge in [0, 0.05) is 13.1 Å². The Morgan fingerprint density at radius 3 is 2.75 bits per heavy atom. The summed E-state index contributed by atoms with van der Waals surface area (Å²) in [5.41, 5.74) is 5.49. The van der Waals surface area contributed by atoms with E-state index in [0.717, 1.165) is 43.9 Å². The van der Waals surface area contributed by atoms with Crippen molar-refractivity contribution in [2.75, 3.05) is 25.0 Å². The van der Waals surface area contributed by atoms with E-state index in [2.05, 4.69) is 9.69 Å². The Kier molecular flexibility index (Phi) is 4.78. The maximum Gasteiger partial charge on any atom is 0.322 e. The monoisotopic (exact) mass is 298 g/mol. The molecule has 0 unspecified atom stereocenters. The highest BCUT2D eigenvalue weighted by Crippen LogP contribution is 2.30. The fourth-order valence-corrected chi connectivity index (χ4v) is 2.70. The third-order valence-corrected chi connectivity index (χ3v) is 3.71. The van der Waals surface area contributed by atoms with Crippen LogP contribution < -0.4 is 15.8 Å². The molecule has 3 amide bonds. The van der Waals surface area contributed by atoms with Gasteiger partial charge in [-0.05, 0) is 30.8 Å². The molecule has 1 fully saturated rings. The van der Waals surface area contributed by atoms with Crippen molar-refractivity contribution in [3.05, 3.63) is 5.56 Å². The minimum atomic E-state index is -0.651. The smallest absolute Gasteiger partial charge is 0.322 e. The fourth-order valence-electron chi connectivity index (χ4n) is 1.97. The SMILES string of the molecule is CCCOc1nsc(NC(=O)N2CCCC2)c1C(N)=O. The Bertz CT molecular complexity index is 497. The molecule has 8 heteroatoms. The summed E-state index contributed by atoms with van der Waals surface area (Å²) in [6.45, 7) is 3.86. The Labute approximate surface area is 121 Å². The van der Waals surface area contributed by atoms with Crippen LogP contribution in [0.5, 0.6) is 5.88 Å². The number of rotatable bonds is 5. The van der Waals surface area contributed by atoms with Gasteiger partial charge in [0.1, 0.15) is 10.6 Å². The zero-order valence-electron chi connectivity index (χ0n) is 11.3. The maximum atomic E-state index is 12.0. The molecule has 0 aromatic carbocycles. The van der Waals surface area contributed by atoms with E-state index in [4.69, 9.17) is 10.5 Å². The predicted octanol–water partition coefficient (Wildman–Crippen LogP) is 1.66. The molecule has 1 saturated heterocycles. The first-order valence-electron chi connectivity index (χ1n) is 6.61. The van der Waals surface area contributed by atoms with Gasteiger partial charge < -0.3 is 15.4 Å². The molecule has 0 saturated carbocycles. The number of carbonyl (C=O) groups is 2. The van der Waals surface area contributed by atoms with Crippen LogP contribution in [-0.2, 0) is 0 Å². The average Bonchev–Trinajstić information content (AvgIpc) is 3.05. The number of anilines is 1. The van der Waals surface area contributed by atoms with Crippen molar-refractivity contribution < 1.29 is 14.3 Å². The van der Waals surface area contributed by atoms with Gasteiger partial charge in [-0.1, -0.05) is 6.92 Å². The maximum absolute atomic E-state index is 12.0. The van der Waals surface area contributed by atoms with E-state index in [0.29, 0.717) is 11.6 Å². The second-order valence-electron chi connectivity index (χ2n) is 4.53. The molecule has 0 spiro atoms. The topological polar surface area (TPSA) is 97.6 Å². The summed E-state index contributed by atoms with van der Waals surface area (Å²) in [5, 5.41) is 3.04. The number of ether oxygens (including phenoxy) is 1. The third-order valence-electron chi connectivity index (χ3n) is 2.96. The molecule has 1 aromatic rings. The summed E-state index contributed by atoms with van der Waals surface area (Å²) >= 11 is 1.01. The standard InChI is InChI=1S/C12H18N4O3S/c1-2-7-19-10-8(9(13)17)11(20-15-10)14-12(18)16-5-3-4-6-16/h2-7H2,1H3,(H2,13,17)(H,14,18). The van der Waals surface area contributed by atoms with Gasteiger partial charge in [-0.3, -0.25) is 10.1 Å². The summed E-state index contributed by atoms with van der Waals surface area (Å²) in [6, 6.07) is -0.226. The average molecular weight is 298 g/mol. The second kappa shape index (κ2) is 6.56. The van der Waals surface area contributed by atoms with Crippen LogP contribution in [0.15, 0.2) is 0 Å². The molecule has 1 aliphatic rings. The number of carbonyl (C=O) groups excluding carboxylic acids is 2. The van der Waals surface area contributed by atoms with E-state index in [1.807, 2.05) is 6.92 Å². The lowest BCUT2D eigenvalue weighted by Crippen LogP contribution is -2.32. The number of nitrogens with zero attached hydrogens (tertiary/aromatic N) is 2. The number of amides is 3. The van der Waals surface area contributed by atoms with E-state index in [-0.39, 0.29) is 17.5 Å². The van der Waals surface area contributed by atoms with Crippen LogP contribution in [0.2, 0.25) is 0 Å². The third kappa shape index (κ3) is 3.19. The van der Waals surface area contributed by atoms with Crippen molar-refractivity contribution in [3.63, 3.8) is 0 Å². The van der Waals surface area contributed by atoms with Gasteiger partial charge in [0.25, 0.3) is 5.91 Å². The predicted molar refractivity (Wildman–Crippen MR) is 76.2 cm³/mol. The number of aromatic nitrogens is 1. The molecule has 0 aliphatic carbocycles. The normalized spacial score (nSPS) is 14.3. The first-order valence-corrected chi connectivity index (χ1v) is 7.39. The van der Waals surface area contributed by atoms with Gasteiger partial charge in [0.2, 0.25) is 5.88 Å². The zero-order chi connectivity index (χ0) is 14.5. The Morgan fingerprint density at radius 2 is 2.15 bits per heavy atom. The molecule has 0 atom stereocenters. The second-order valence-corrected chi connectivity index (χ2v) is 5.30. The van der Waals surface area contributed by atoms with E-state index in [1.54, 1.807) is 4.90 Å². The molecule has 1 aliphatic heterocycles. The van der Waals surface area contributed by atoms with E-state index >= 15 is 0 Å². The summed E-state index contributed by atoms with van der Waals surface area (Å²) < 4.78 is 9.41. The number of nitrogens with one attached hydrogen (secondary N) is 1. The lowest BCUT2D eigenvalue weighted by atomic mass is 10.3. The van der Waals surface area contributed by atoms with Crippen molar-refractivity contribution in [3.8, 4) is 5.88 Å². The molecule has 3 N–H and O–H groups in total. The fraction of sp³-hybridized carbons (Fsp3) is 0.583. The molecule has 0 bridgehead atoms. The number of urea groups is 1. The van der Waals surface area contributed by atoms with Crippen LogP contribution in [0.1, 0.15) is 36.5 Å². The van der Waals surface area contributed by atoms with Crippen LogP contribution in [0.4, 0.5) is 9.80 Å². The van der Waals surface area contributed by atoms with Crippen LogP contribution in [-0.4, -0.2) is 40.9 Å². The summed E-state index contributed by atoms with van der Waals surface area (Å²) in [6.07, 6.45) is 2.80. The summed E-state index contributed by atoms with van der Waals surface area (Å²) in [5.74, 6) is -0.456. The lowest BCUT2D eigenvalue weighted by molar-refractivity contribution is 0.0997. The minimum absolute atomic E-state index is 0.149. The van der Waals surface area contributed by atoms with E-state index in [1.165, 1.54) is 0 Å². The van der Waals surface area contributed by atoms with Crippen LogP contribution in [0, 0.1) is 0 Å². The first-order chi connectivity index (χ1) is 9.63. The van der Waals surface area contributed by atoms with Crippen LogP contribution in [0.3, 0.4) is 0 Å². The highest BCUT2D eigenvalue weighted by Gasteiger charge is 2.24. The van der Waals surface area contributed by atoms with E-state index < -0.39 is 5.91 Å². The molecule has 2 rings (SSSR count). The van der Waals surface area contributed by atoms with Crippen molar-refractivity contribution >= 4 is 28.5 Å². The molecule has 2 heterocycles.